The number of H-pyrrole nitrogens is 1. The number of hydrogen-bond acceptors (Lipinski definition) is 2. The van der Waals surface area contributed by atoms with Crippen LogP contribution in [0.4, 0.5) is 5.95 Å². The highest BCUT2D eigenvalue weighted by molar-refractivity contribution is 5.90. The van der Waals surface area contributed by atoms with Crippen molar-refractivity contribution in [3.63, 3.8) is 0 Å². The zero-order valence-electron chi connectivity index (χ0n) is 8.79. The van der Waals surface area contributed by atoms with Crippen LogP contribution >= 0.6 is 0 Å². The summed E-state index contributed by atoms with van der Waals surface area (Å²) >= 11 is 0. The summed E-state index contributed by atoms with van der Waals surface area (Å²) in [6, 6.07) is 5.93. The van der Waals surface area contributed by atoms with Gasteiger partial charge < -0.3 is 4.98 Å². The molecule has 15 heavy (non-hydrogen) atoms. The Morgan fingerprint density at radius 1 is 1.53 bits per heavy atom. The molecule has 2 aromatic rings. The number of carbonyl (C=O) groups excluding carboxylic acids is 1. The molecular formula is C11H13N3O. The molecule has 0 aliphatic carbocycles. The highest BCUT2D eigenvalue weighted by atomic mass is 16.1. The second-order valence-electron chi connectivity index (χ2n) is 3.51. The van der Waals surface area contributed by atoms with Crippen LogP contribution in [-0.4, -0.2) is 15.9 Å². The Hall–Kier alpha value is -1.84. The molecule has 0 spiro atoms. The SMILES string of the molecule is CCC(=O)Nc1nc2ccc(C)cc2[nH]1. The van der Waals surface area contributed by atoms with Gasteiger partial charge >= 0.3 is 0 Å². The Morgan fingerprint density at radius 3 is 3.07 bits per heavy atom. The maximum Gasteiger partial charge on any atom is 0.226 e. The molecule has 0 unspecified atom stereocenters. The third kappa shape index (κ3) is 1.98. The van der Waals surface area contributed by atoms with E-state index >= 15 is 0 Å². The van der Waals surface area contributed by atoms with E-state index in [0.29, 0.717) is 12.4 Å². The lowest BCUT2D eigenvalue weighted by Gasteiger charge is -1.95. The molecule has 2 N–H and O–H groups in total. The van der Waals surface area contributed by atoms with Gasteiger partial charge in [0, 0.05) is 6.42 Å². The highest BCUT2D eigenvalue weighted by Gasteiger charge is 2.04. The van der Waals surface area contributed by atoms with Crippen LogP contribution in [0, 0.1) is 6.92 Å². The third-order valence-electron chi connectivity index (χ3n) is 2.22. The average Bonchev–Trinajstić information content (AvgIpc) is 2.59. The highest BCUT2D eigenvalue weighted by Crippen LogP contribution is 2.15. The molecule has 78 valence electrons. The fraction of sp³-hybridized carbons (Fsp3) is 0.273. The largest absolute Gasteiger partial charge is 0.324 e. The molecule has 0 saturated heterocycles. The number of fused-ring (bicyclic) bond motifs is 1. The predicted molar refractivity (Wildman–Crippen MR) is 59.8 cm³/mol. The van der Waals surface area contributed by atoms with Crippen molar-refractivity contribution in [3.8, 4) is 0 Å². The molecule has 0 atom stereocenters. The van der Waals surface area contributed by atoms with E-state index in [0.717, 1.165) is 11.0 Å². The van der Waals surface area contributed by atoms with Crippen LogP contribution in [0.3, 0.4) is 0 Å². The first kappa shape index (κ1) is 9.71. The van der Waals surface area contributed by atoms with Crippen molar-refractivity contribution in [2.24, 2.45) is 0 Å². The van der Waals surface area contributed by atoms with Gasteiger partial charge in [-0.25, -0.2) is 4.98 Å². The van der Waals surface area contributed by atoms with Crippen LogP contribution in [0.15, 0.2) is 18.2 Å². The number of benzene rings is 1. The molecule has 1 aromatic heterocycles. The molecule has 1 aromatic carbocycles. The summed E-state index contributed by atoms with van der Waals surface area (Å²) in [5.74, 6) is 0.480. The standard InChI is InChI=1S/C11H13N3O/c1-3-10(15)14-11-12-8-5-4-7(2)6-9(8)13-11/h4-6H,3H2,1-2H3,(H2,12,13,14,15). The zero-order valence-corrected chi connectivity index (χ0v) is 8.79. The van der Waals surface area contributed by atoms with Gasteiger partial charge in [0.2, 0.25) is 11.9 Å². The van der Waals surface area contributed by atoms with Crippen molar-refractivity contribution in [2.75, 3.05) is 5.32 Å². The molecule has 4 heteroatoms. The van der Waals surface area contributed by atoms with Crippen LogP contribution in [0.5, 0.6) is 0 Å². The number of rotatable bonds is 2. The van der Waals surface area contributed by atoms with Crippen molar-refractivity contribution in [1.29, 1.82) is 0 Å². The Morgan fingerprint density at radius 2 is 2.33 bits per heavy atom. The maximum atomic E-state index is 11.2. The van der Waals surface area contributed by atoms with Crippen LogP contribution in [-0.2, 0) is 4.79 Å². The fourth-order valence-corrected chi connectivity index (χ4v) is 1.40. The minimum Gasteiger partial charge on any atom is -0.324 e. The Bertz CT molecular complexity index is 502. The lowest BCUT2D eigenvalue weighted by Crippen LogP contribution is -2.10. The van der Waals surface area contributed by atoms with E-state index in [4.69, 9.17) is 0 Å². The summed E-state index contributed by atoms with van der Waals surface area (Å²) in [5, 5.41) is 2.69. The van der Waals surface area contributed by atoms with Gasteiger partial charge in [0.1, 0.15) is 0 Å². The summed E-state index contributed by atoms with van der Waals surface area (Å²) in [5.41, 5.74) is 2.98. The summed E-state index contributed by atoms with van der Waals surface area (Å²) < 4.78 is 0. The molecule has 0 aliphatic rings. The molecule has 0 radical (unpaired) electrons. The van der Waals surface area contributed by atoms with E-state index in [-0.39, 0.29) is 5.91 Å². The lowest BCUT2D eigenvalue weighted by molar-refractivity contribution is -0.115. The number of amides is 1. The van der Waals surface area contributed by atoms with Gasteiger partial charge in [0.25, 0.3) is 0 Å². The van der Waals surface area contributed by atoms with Gasteiger partial charge in [0.15, 0.2) is 0 Å². The molecule has 0 aliphatic heterocycles. The minimum atomic E-state index is -0.0363. The molecule has 1 amide bonds. The van der Waals surface area contributed by atoms with Gasteiger partial charge in [0.05, 0.1) is 11.0 Å². The first-order valence-corrected chi connectivity index (χ1v) is 4.95. The number of nitrogens with zero attached hydrogens (tertiary/aromatic N) is 1. The van der Waals surface area contributed by atoms with Crippen LogP contribution in [0.2, 0.25) is 0 Å². The number of carbonyl (C=O) groups is 1. The number of aryl methyl sites for hydroxylation is 1. The molecule has 4 nitrogen and oxygen atoms in total. The summed E-state index contributed by atoms with van der Waals surface area (Å²) in [6.45, 7) is 3.83. The van der Waals surface area contributed by atoms with E-state index in [9.17, 15) is 4.79 Å². The molecule has 2 rings (SSSR count). The monoisotopic (exact) mass is 203 g/mol. The zero-order chi connectivity index (χ0) is 10.8. The number of aromatic nitrogens is 2. The lowest BCUT2D eigenvalue weighted by atomic mass is 10.2. The van der Waals surface area contributed by atoms with Gasteiger partial charge in [-0.1, -0.05) is 13.0 Å². The van der Waals surface area contributed by atoms with Crippen molar-refractivity contribution in [3.05, 3.63) is 23.8 Å². The molecule has 0 saturated carbocycles. The van der Waals surface area contributed by atoms with E-state index in [1.54, 1.807) is 0 Å². The van der Waals surface area contributed by atoms with Crippen molar-refractivity contribution < 1.29 is 4.79 Å². The second kappa shape index (κ2) is 3.73. The Kier molecular flexibility index (Phi) is 2.41. The van der Waals surface area contributed by atoms with Crippen molar-refractivity contribution >= 4 is 22.9 Å². The quantitative estimate of drug-likeness (QED) is 0.786. The smallest absolute Gasteiger partial charge is 0.226 e. The third-order valence-corrected chi connectivity index (χ3v) is 2.22. The Balaban J connectivity index is 2.34. The van der Waals surface area contributed by atoms with E-state index in [1.165, 1.54) is 5.56 Å². The van der Waals surface area contributed by atoms with E-state index in [2.05, 4.69) is 15.3 Å². The predicted octanol–water partition coefficient (Wildman–Crippen LogP) is 2.22. The minimum absolute atomic E-state index is 0.0363. The van der Waals surface area contributed by atoms with Gasteiger partial charge in [-0.15, -0.1) is 0 Å². The van der Waals surface area contributed by atoms with Crippen molar-refractivity contribution in [2.45, 2.75) is 20.3 Å². The topological polar surface area (TPSA) is 57.8 Å². The van der Waals surface area contributed by atoms with Crippen LogP contribution < -0.4 is 5.32 Å². The first-order valence-electron chi connectivity index (χ1n) is 4.95. The summed E-state index contributed by atoms with van der Waals surface area (Å²) in [4.78, 5) is 18.5. The molecule has 1 heterocycles. The Labute approximate surface area is 87.7 Å². The van der Waals surface area contributed by atoms with E-state index < -0.39 is 0 Å². The van der Waals surface area contributed by atoms with Gasteiger partial charge in [-0.2, -0.15) is 0 Å². The fourth-order valence-electron chi connectivity index (χ4n) is 1.40. The molecular weight excluding hydrogens is 190 g/mol. The average molecular weight is 203 g/mol. The van der Waals surface area contributed by atoms with Gasteiger partial charge in [-0.3, -0.25) is 10.1 Å². The summed E-state index contributed by atoms with van der Waals surface area (Å²) in [7, 11) is 0. The number of aromatic amines is 1. The van der Waals surface area contributed by atoms with E-state index in [1.807, 2.05) is 32.0 Å². The normalized spacial score (nSPS) is 10.5. The molecule has 0 bridgehead atoms. The first-order chi connectivity index (χ1) is 7.19. The maximum absolute atomic E-state index is 11.2. The van der Waals surface area contributed by atoms with Crippen molar-refractivity contribution in [1.82, 2.24) is 9.97 Å². The second-order valence-corrected chi connectivity index (χ2v) is 3.51. The summed E-state index contributed by atoms with van der Waals surface area (Å²) in [6.07, 6.45) is 0.454. The molecule has 0 fully saturated rings. The van der Waals surface area contributed by atoms with Crippen LogP contribution in [0.25, 0.3) is 11.0 Å². The van der Waals surface area contributed by atoms with Crippen LogP contribution in [0.1, 0.15) is 18.9 Å². The number of anilines is 1. The number of nitrogens with one attached hydrogen (secondary N) is 2. The number of imidazole rings is 1. The van der Waals surface area contributed by atoms with Gasteiger partial charge in [-0.05, 0) is 24.6 Å². The number of hydrogen-bond donors (Lipinski definition) is 2.